The van der Waals surface area contributed by atoms with Crippen molar-refractivity contribution in [3.05, 3.63) is 48.0 Å². The Kier molecular flexibility index (Phi) is 5.32. The normalized spacial score (nSPS) is 19.5. The summed E-state index contributed by atoms with van der Waals surface area (Å²) < 4.78 is 6.98. The van der Waals surface area contributed by atoms with E-state index in [0.717, 1.165) is 12.0 Å². The Balaban J connectivity index is 1.86. The molecule has 8 nitrogen and oxygen atoms in total. The summed E-state index contributed by atoms with van der Waals surface area (Å²) in [6, 6.07) is 7.38. The smallest absolute Gasteiger partial charge is 0.254 e. The number of rotatable bonds is 6. The number of nitrogens with one attached hydrogen (secondary N) is 1. The van der Waals surface area contributed by atoms with Gasteiger partial charge < -0.3 is 15.0 Å². The molecule has 138 valence electrons. The summed E-state index contributed by atoms with van der Waals surface area (Å²) in [4.78, 5) is 31.3. The molecule has 2 aromatic rings. The van der Waals surface area contributed by atoms with E-state index >= 15 is 0 Å². The number of likely N-dealkylation sites (N-methyl/N-ethyl adjacent to an activating group) is 1. The van der Waals surface area contributed by atoms with Crippen LogP contribution in [0.2, 0.25) is 0 Å². The summed E-state index contributed by atoms with van der Waals surface area (Å²) in [6.07, 6.45) is 4.46. The van der Waals surface area contributed by atoms with Crippen LogP contribution >= 0.6 is 0 Å². The van der Waals surface area contributed by atoms with E-state index in [-0.39, 0.29) is 18.4 Å². The molecule has 1 aliphatic rings. The Morgan fingerprint density at radius 2 is 2.23 bits per heavy atom. The molecule has 26 heavy (non-hydrogen) atoms. The van der Waals surface area contributed by atoms with Gasteiger partial charge in [0.15, 0.2) is 0 Å². The lowest BCUT2D eigenvalue weighted by Gasteiger charge is -2.36. The fourth-order valence-corrected chi connectivity index (χ4v) is 3.56. The van der Waals surface area contributed by atoms with Gasteiger partial charge in [-0.2, -0.15) is 5.10 Å². The van der Waals surface area contributed by atoms with E-state index in [9.17, 15) is 9.59 Å². The van der Waals surface area contributed by atoms with Crippen LogP contribution in [0.5, 0.6) is 0 Å². The molecule has 8 heteroatoms. The maximum absolute atomic E-state index is 13.2. The number of hydrogen-bond donors (Lipinski definition) is 1. The Morgan fingerprint density at radius 1 is 1.38 bits per heavy atom. The van der Waals surface area contributed by atoms with Crippen LogP contribution in [0.3, 0.4) is 0 Å². The van der Waals surface area contributed by atoms with Gasteiger partial charge >= 0.3 is 0 Å². The van der Waals surface area contributed by atoms with Gasteiger partial charge in [0.1, 0.15) is 18.2 Å². The van der Waals surface area contributed by atoms with Crippen LogP contribution in [0.4, 0.5) is 0 Å². The zero-order valence-electron chi connectivity index (χ0n) is 15.0. The van der Waals surface area contributed by atoms with E-state index in [4.69, 9.17) is 4.74 Å². The largest absolute Gasteiger partial charge is 0.382 e. The van der Waals surface area contributed by atoms with Gasteiger partial charge in [-0.15, -0.1) is 0 Å². The van der Waals surface area contributed by atoms with Crippen LogP contribution in [0.25, 0.3) is 0 Å². The first-order chi connectivity index (χ1) is 12.6. The second-order valence-corrected chi connectivity index (χ2v) is 6.40. The molecule has 2 amide bonds. The quantitative estimate of drug-likeness (QED) is 0.822. The first-order valence-corrected chi connectivity index (χ1v) is 8.55. The summed E-state index contributed by atoms with van der Waals surface area (Å²) in [5.74, 6) is -0.354. The van der Waals surface area contributed by atoms with Crippen molar-refractivity contribution in [1.82, 2.24) is 25.0 Å². The Hall–Kier alpha value is -2.74. The lowest BCUT2D eigenvalue weighted by atomic mass is 9.95. The van der Waals surface area contributed by atoms with Gasteiger partial charge in [-0.1, -0.05) is 12.1 Å². The average molecular weight is 357 g/mol. The summed E-state index contributed by atoms with van der Waals surface area (Å²) in [6.45, 7) is 1.24. The molecule has 1 aromatic heterocycles. The minimum absolute atomic E-state index is 0.163. The summed E-state index contributed by atoms with van der Waals surface area (Å²) in [7, 11) is 3.13. The van der Waals surface area contributed by atoms with Crippen molar-refractivity contribution in [3.63, 3.8) is 0 Å². The highest BCUT2D eigenvalue weighted by molar-refractivity contribution is 6.00. The van der Waals surface area contributed by atoms with Crippen molar-refractivity contribution in [1.29, 1.82) is 0 Å². The number of aromatic nitrogens is 3. The van der Waals surface area contributed by atoms with Gasteiger partial charge in [0, 0.05) is 26.3 Å². The molecule has 3 rings (SSSR count). The molecular formula is C18H23N5O3. The van der Waals surface area contributed by atoms with Crippen molar-refractivity contribution in [2.75, 3.05) is 27.3 Å². The zero-order chi connectivity index (χ0) is 18.6. The third-order valence-corrected chi connectivity index (χ3v) is 4.75. The molecule has 1 aliphatic heterocycles. The fraction of sp³-hybridized carbons (Fsp3) is 0.444. The Bertz CT molecular complexity index is 777. The maximum atomic E-state index is 13.2. The predicted molar refractivity (Wildman–Crippen MR) is 94.5 cm³/mol. The monoisotopic (exact) mass is 357 g/mol. The molecule has 0 aliphatic carbocycles. The van der Waals surface area contributed by atoms with E-state index in [1.807, 2.05) is 18.2 Å². The summed E-state index contributed by atoms with van der Waals surface area (Å²) >= 11 is 0. The van der Waals surface area contributed by atoms with Crippen molar-refractivity contribution >= 4 is 11.8 Å². The number of likely N-dealkylation sites (tertiary alicyclic amines) is 1. The molecule has 1 unspecified atom stereocenters. The van der Waals surface area contributed by atoms with Gasteiger partial charge in [0.2, 0.25) is 5.91 Å². The molecule has 2 heterocycles. The Labute approximate surface area is 152 Å². The topological polar surface area (TPSA) is 89.4 Å². The van der Waals surface area contributed by atoms with Crippen LogP contribution in [0, 0.1) is 0 Å². The third kappa shape index (κ3) is 3.32. The molecule has 0 spiro atoms. The van der Waals surface area contributed by atoms with E-state index in [1.165, 1.54) is 6.33 Å². The predicted octanol–water partition coefficient (Wildman–Crippen LogP) is 0.694. The fourth-order valence-electron chi connectivity index (χ4n) is 3.56. The third-order valence-electron chi connectivity index (χ3n) is 4.75. The number of ether oxygens (including phenoxy) is 1. The molecule has 1 saturated heterocycles. The number of hydrogen-bond acceptors (Lipinski definition) is 5. The summed E-state index contributed by atoms with van der Waals surface area (Å²) in [5, 5.41) is 6.76. The lowest BCUT2D eigenvalue weighted by molar-refractivity contribution is -0.133. The number of amides is 2. The SMILES string of the molecule is CNC(=O)C1(COC)CCCN1C(=O)c1cccc(Cn2cncn2)c1. The maximum Gasteiger partial charge on any atom is 0.254 e. The molecule has 0 saturated carbocycles. The standard InChI is InChI=1S/C18H23N5O3/c1-19-17(25)18(11-26-2)7-4-8-23(18)16(24)15-6-3-5-14(9-15)10-22-13-20-12-21-22/h3,5-6,9,12-13H,4,7-8,10-11H2,1-2H3,(H,19,25). The van der Waals surface area contributed by atoms with E-state index < -0.39 is 5.54 Å². The van der Waals surface area contributed by atoms with E-state index in [0.29, 0.717) is 25.1 Å². The lowest BCUT2D eigenvalue weighted by Crippen LogP contribution is -2.59. The first kappa shape index (κ1) is 18.1. The first-order valence-electron chi connectivity index (χ1n) is 8.55. The minimum Gasteiger partial charge on any atom is -0.382 e. The van der Waals surface area contributed by atoms with Crippen LogP contribution in [-0.2, 0) is 16.1 Å². The van der Waals surface area contributed by atoms with Crippen LogP contribution in [-0.4, -0.2) is 64.3 Å². The second kappa shape index (κ2) is 7.65. The highest BCUT2D eigenvalue weighted by Crippen LogP contribution is 2.31. The molecule has 0 bridgehead atoms. The van der Waals surface area contributed by atoms with Crippen LogP contribution < -0.4 is 5.32 Å². The second-order valence-electron chi connectivity index (χ2n) is 6.40. The van der Waals surface area contributed by atoms with Crippen molar-refractivity contribution in [2.45, 2.75) is 24.9 Å². The summed E-state index contributed by atoms with van der Waals surface area (Å²) in [5.41, 5.74) is 0.536. The Morgan fingerprint density at radius 3 is 2.92 bits per heavy atom. The zero-order valence-corrected chi connectivity index (χ0v) is 15.0. The van der Waals surface area contributed by atoms with Gasteiger partial charge in [0.05, 0.1) is 13.2 Å². The number of carbonyl (C=O) groups is 2. The van der Waals surface area contributed by atoms with Gasteiger partial charge in [-0.05, 0) is 30.5 Å². The van der Waals surface area contributed by atoms with Gasteiger partial charge in [-0.25, -0.2) is 9.67 Å². The molecule has 1 N–H and O–H groups in total. The van der Waals surface area contributed by atoms with E-state index in [1.54, 1.807) is 36.1 Å². The minimum atomic E-state index is -0.956. The highest BCUT2D eigenvalue weighted by atomic mass is 16.5. The van der Waals surface area contributed by atoms with Crippen molar-refractivity contribution in [2.24, 2.45) is 0 Å². The molecule has 1 aromatic carbocycles. The number of methoxy groups -OCH3 is 1. The number of carbonyl (C=O) groups excluding carboxylic acids is 2. The average Bonchev–Trinajstić information content (AvgIpc) is 3.31. The van der Waals surface area contributed by atoms with Crippen molar-refractivity contribution in [3.8, 4) is 0 Å². The van der Waals surface area contributed by atoms with Gasteiger partial charge in [0.25, 0.3) is 5.91 Å². The van der Waals surface area contributed by atoms with Gasteiger partial charge in [-0.3, -0.25) is 9.59 Å². The highest BCUT2D eigenvalue weighted by Gasteiger charge is 2.49. The molecule has 1 atom stereocenters. The molecular weight excluding hydrogens is 334 g/mol. The molecule has 1 fully saturated rings. The van der Waals surface area contributed by atoms with E-state index in [2.05, 4.69) is 15.4 Å². The number of nitrogens with zero attached hydrogens (tertiary/aromatic N) is 4. The molecule has 0 radical (unpaired) electrons. The van der Waals surface area contributed by atoms with Crippen molar-refractivity contribution < 1.29 is 14.3 Å². The number of benzene rings is 1. The van der Waals surface area contributed by atoms with Crippen LogP contribution in [0.15, 0.2) is 36.9 Å². The van der Waals surface area contributed by atoms with Crippen LogP contribution in [0.1, 0.15) is 28.8 Å².